The number of benzene rings is 1. The van der Waals surface area contributed by atoms with E-state index in [9.17, 15) is 9.59 Å². The number of hydrogen-bond donors (Lipinski definition) is 0. The normalized spacial score (nSPS) is 11.3. The first-order valence-corrected chi connectivity index (χ1v) is 14.4. The Morgan fingerprint density at radius 3 is 2.13 bits per heavy atom. The summed E-state index contributed by atoms with van der Waals surface area (Å²) in [5.41, 5.74) is 0.894. The lowest BCUT2D eigenvalue weighted by Gasteiger charge is -2.32. The van der Waals surface area contributed by atoms with Gasteiger partial charge in [-0.2, -0.15) is 0 Å². The number of carbonyl (C=O) groups excluding carboxylic acids is 2. The zero-order valence-corrected chi connectivity index (χ0v) is 21.5. The second kappa shape index (κ2) is 15.9. The van der Waals surface area contributed by atoms with Gasteiger partial charge in [-0.25, -0.2) is 9.69 Å². The van der Waals surface area contributed by atoms with Gasteiger partial charge in [-0.05, 0) is 25.3 Å². The van der Waals surface area contributed by atoms with Gasteiger partial charge in [0.25, 0.3) is 0 Å². The van der Waals surface area contributed by atoms with E-state index in [1.165, 1.54) is 4.90 Å². The van der Waals surface area contributed by atoms with Crippen LogP contribution in [0.5, 0.6) is 0 Å². The third-order valence-corrected chi connectivity index (χ3v) is 10.7. The number of carbonyl (C=O) groups is 2. The van der Waals surface area contributed by atoms with Gasteiger partial charge in [0, 0.05) is 11.5 Å². The average Bonchev–Trinajstić information content (AvgIpc) is 2.76. The molecule has 0 bridgehead atoms. The van der Waals surface area contributed by atoms with Crippen molar-refractivity contribution in [1.82, 2.24) is 4.90 Å². The lowest BCUT2D eigenvalue weighted by atomic mass is 10.2. The average molecular weight is 491 g/mol. The molecule has 0 fully saturated rings. The number of ether oxygens (including phenoxy) is 2. The monoisotopic (exact) mass is 490 g/mol. The summed E-state index contributed by atoms with van der Waals surface area (Å²) in [4.78, 5) is 27.0. The van der Waals surface area contributed by atoms with Crippen LogP contribution < -0.4 is 0 Å². The van der Waals surface area contributed by atoms with E-state index in [4.69, 9.17) is 21.3 Å². The second-order valence-corrected chi connectivity index (χ2v) is 11.6. The van der Waals surface area contributed by atoms with Crippen LogP contribution in [-0.2, 0) is 32.7 Å². The van der Waals surface area contributed by atoms with Crippen molar-refractivity contribution in [3.05, 3.63) is 35.9 Å². The highest BCUT2D eigenvalue weighted by Crippen LogP contribution is 2.50. The Hall–Kier alpha value is -0.820. The summed E-state index contributed by atoms with van der Waals surface area (Å²) in [7, 11) is 0.0139. The standard InChI is InChI=1S/C21H32NO4PS3/c1-4-7-14-29-21(27-28,30-15-8-5-2)22(16-19(23)25-6-3)20(24)26-17-18-12-10-9-11-13-18/h9-13H,4-8,14-17H2,1-3H3/p+1. The summed E-state index contributed by atoms with van der Waals surface area (Å²) >= 11 is 8.86. The maximum Gasteiger partial charge on any atom is 0.415 e. The zero-order chi connectivity index (χ0) is 22.2. The molecule has 9 heteroatoms. The molecule has 0 radical (unpaired) electrons. The van der Waals surface area contributed by atoms with Gasteiger partial charge in [0.15, 0.2) is 11.8 Å². The third kappa shape index (κ3) is 9.54. The largest absolute Gasteiger partial charge is 0.465 e. The number of hydrogen-bond acceptors (Lipinski definition) is 7. The molecule has 1 aromatic rings. The molecule has 0 spiro atoms. The Morgan fingerprint density at radius 1 is 1.03 bits per heavy atom. The van der Waals surface area contributed by atoms with Crippen molar-refractivity contribution < 1.29 is 19.1 Å². The highest BCUT2D eigenvalue weighted by Gasteiger charge is 2.48. The predicted molar refractivity (Wildman–Crippen MR) is 133 cm³/mol. The summed E-state index contributed by atoms with van der Waals surface area (Å²) in [5.74, 6) is 1.29. The molecule has 0 aliphatic rings. The number of unbranched alkanes of at least 4 members (excludes halogenated alkanes) is 2. The van der Waals surface area contributed by atoms with Crippen LogP contribution in [0.1, 0.15) is 52.0 Å². The minimum atomic E-state index is -0.708. The van der Waals surface area contributed by atoms with Crippen molar-refractivity contribution in [2.45, 2.75) is 57.0 Å². The van der Waals surface area contributed by atoms with E-state index in [-0.39, 0.29) is 27.1 Å². The molecular weight excluding hydrogens is 457 g/mol. The molecule has 1 rings (SSSR count). The van der Waals surface area contributed by atoms with E-state index in [1.807, 2.05) is 30.3 Å². The summed E-state index contributed by atoms with van der Waals surface area (Å²) in [6.45, 7) is 6.27. The van der Waals surface area contributed by atoms with Gasteiger partial charge in [-0.1, -0.05) is 80.5 Å². The number of nitrogens with zero attached hydrogens (tertiary/aromatic N) is 1. The lowest BCUT2D eigenvalue weighted by molar-refractivity contribution is -0.144. The van der Waals surface area contributed by atoms with E-state index in [0.717, 1.165) is 42.8 Å². The minimum absolute atomic E-state index is 0.0139. The van der Waals surface area contributed by atoms with Gasteiger partial charge in [0.2, 0.25) is 7.36 Å². The van der Waals surface area contributed by atoms with Crippen LogP contribution in [0.2, 0.25) is 0 Å². The van der Waals surface area contributed by atoms with Gasteiger partial charge in [-0.3, -0.25) is 4.79 Å². The van der Waals surface area contributed by atoms with Crippen molar-refractivity contribution in [2.24, 2.45) is 0 Å². The number of thioether (sulfide) groups is 2. The zero-order valence-electron chi connectivity index (χ0n) is 18.1. The molecule has 1 aromatic carbocycles. The van der Waals surface area contributed by atoms with E-state index >= 15 is 0 Å². The summed E-state index contributed by atoms with van der Waals surface area (Å²) in [5, 5.41) is 0. The summed E-state index contributed by atoms with van der Waals surface area (Å²) in [6, 6.07) is 9.51. The number of esters is 1. The highest BCUT2D eigenvalue weighted by atomic mass is 32.4. The van der Waals surface area contributed by atoms with Crippen LogP contribution in [0.3, 0.4) is 0 Å². The SMILES string of the molecule is CCCCSC([PH+]=S)(SCCCC)N(CC(=O)OCC)C(=O)OCc1ccccc1. The number of amides is 1. The van der Waals surface area contributed by atoms with Gasteiger partial charge >= 0.3 is 16.0 Å². The first-order valence-electron chi connectivity index (χ1n) is 10.3. The quantitative estimate of drug-likeness (QED) is 0.129. The fraction of sp³-hybridized carbons (Fsp3) is 0.619. The molecule has 0 aliphatic carbocycles. The van der Waals surface area contributed by atoms with Crippen molar-refractivity contribution in [1.29, 1.82) is 0 Å². The van der Waals surface area contributed by atoms with E-state index in [2.05, 4.69) is 13.8 Å². The van der Waals surface area contributed by atoms with Crippen molar-refractivity contribution >= 4 is 54.7 Å². The molecule has 1 unspecified atom stereocenters. The first kappa shape index (κ1) is 27.2. The third-order valence-electron chi connectivity index (χ3n) is 4.09. The maximum absolute atomic E-state index is 13.2. The maximum atomic E-state index is 13.2. The van der Waals surface area contributed by atoms with Crippen LogP contribution in [-0.4, -0.2) is 45.6 Å². The van der Waals surface area contributed by atoms with E-state index in [0.29, 0.717) is 0 Å². The van der Waals surface area contributed by atoms with Crippen LogP contribution in [0, 0.1) is 0 Å². The van der Waals surface area contributed by atoms with Crippen LogP contribution in [0.15, 0.2) is 30.3 Å². The van der Waals surface area contributed by atoms with Gasteiger partial charge in [0.1, 0.15) is 13.2 Å². The topological polar surface area (TPSA) is 55.8 Å². The molecule has 30 heavy (non-hydrogen) atoms. The molecule has 168 valence electrons. The fourth-order valence-corrected chi connectivity index (χ4v) is 8.04. The molecule has 0 heterocycles. The Bertz CT molecular complexity index is 638. The minimum Gasteiger partial charge on any atom is -0.465 e. The molecule has 0 N–H and O–H groups in total. The van der Waals surface area contributed by atoms with Gasteiger partial charge < -0.3 is 9.47 Å². The van der Waals surface area contributed by atoms with Gasteiger partial charge in [0.05, 0.1) is 6.61 Å². The Balaban J connectivity index is 3.09. The predicted octanol–water partition coefficient (Wildman–Crippen LogP) is 6.01. The van der Waals surface area contributed by atoms with Crippen molar-refractivity contribution in [2.75, 3.05) is 24.7 Å². The fourth-order valence-electron chi connectivity index (χ4n) is 2.44. The molecule has 0 saturated heterocycles. The van der Waals surface area contributed by atoms with Crippen molar-refractivity contribution in [3.63, 3.8) is 0 Å². The molecule has 5 nitrogen and oxygen atoms in total. The van der Waals surface area contributed by atoms with E-state index in [1.54, 1.807) is 30.4 Å². The highest BCUT2D eigenvalue weighted by molar-refractivity contribution is 8.27. The number of rotatable bonds is 15. The summed E-state index contributed by atoms with van der Waals surface area (Å²) in [6.07, 6.45) is 3.62. The van der Waals surface area contributed by atoms with Crippen LogP contribution in [0.25, 0.3) is 0 Å². The molecule has 0 aromatic heterocycles. The Kier molecular flexibility index (Phi) is 14.4. The molecule has 0 aliphatic heterocycles. The van der Waals surface area contributed by atoms with Crippen LogP contribution >= 0.6 is 30.9 Å². The molecule has 1 atom stereocenters. The molecule has 1 amide bonds. The Morgan fingerprint density at radius 2 is 1.63 bits per heavy atom. The first-order chi connectivity index (χ1) is 14.5. The Labute approximate surface area is 195 Å². The lowest BCUT2D eigenvalue weighted by Crippen LogP contribution is -2.47. The van der Waals surface area contributed by atoms with E-state index < -0.39 is 16.0 Å². The van der Waals surface area contributed by atoms with Crippen LogP contribution in [0.4, 0.5) is 4.79 Å². The van der Waals surface area contributed by atoms with Crippen molar-refractivity contribution in [3.8, 4) is 0 Å². The smallest absolute Gasteiger partial charge is 0.415 e. The molecular formula is C21H33NO4PS3+. The second-order valence-electron chi connectivity index (χ2n) is 6.52. The summed E-state index contributed by atoms with van der Waals surface area (Å²) < 4.78 is 10.0. The molecule has 0 saturated carbocycles. The van der Waals surface area contributed by atoms with Gasteiger partial charge in [-0.15, -0.1) is 0 Å².